The first kappa shape index (κ1) is 10.8. The van der Waals surface area contributed by atoms with E-state index >= 15 is 0 Å². The summed E-state index contributed by atoms with van der Waals surface area (Å²) in [5, 5.41) is 10.1. The van der Waals surface area contributed by atoms with Crippen molar-refractivity contribution < 1.29 is 5.11 Å². The van der Waals surface area contributed by atoms with Gasteiger partial charge in [-0.05, 0) is 5.92 Å². The van der Waals surface area contributed by atoms with Gasteiger partial charge in [0, 0.05) is 18.4 Å². The Bertz CT molecular complexity index is 272. The molecule has 72 valence electrons. The second kappa shape index (κ2) is 5.42. The zero-order chi connectivity index (χ0) is 9.68. The summed E-state index contributed by atoms with van der Waals surface area (Å²) in [5.74, 6) is 1.11. The van der Waals surface area contributed by atoms with Crippen molar-refractivity contribution in [3.05, 3.63) is 17.5 Å². The number of hydrogen-bond acceptors (Lipinski definition) is 4. The Hall–Kier alpha value is -0.320. The minimum Gasteiger partial charge on any atom is -0.396 e. The highest BCUT2D eigenvalue weighted by molar-refractivity contribution is 7.99. The molecule has 0 aliphatic heterocycles. The molecule has 1 unspecified atom stereocenters. The predicted molar refractivity (Wildman–Crippen MR) is 54.0 cm³/mol. The molecular weight excluding hydrogens is 208 g/mol. The summed E-state index contributed by atoms with van der Waals surface area (Å²) < 4.78 is 0. The van der Waals surface area contributed by atoms with Crippen molar-refractivity contribution >= 4 is 23.4 Å². The number of rotatable bonds is 4. The van der Waals surface area contributed by atoms with E-state index in [4.69, 9.17) is 16.7 Å². The third-order valence-corrected chi connectivity index (χ3v) is 2.90. The lowest BCUT2D eigenvalue weighted by molar-refractivity contribution is 0.250. The van der Waals surface area contributed by atoms with E-state index in [1.165, 1.54) is 6.33 Å². The van der Waals surface area contributed by atoms with Crippen molar-refractivity contribution in [3.8, 4) is 0 Å². The minimum atomic E-state index is 0.200. The number of thioether (sulfide) groups is 1. The molecule has 3 nitrogen and oxygen atoms in total. The topological polar surface area (TPSA) is 46.0 Å². The van der Waals surface area contributed by atoms with E-state index in [9.17, 15) is 0 Å². The van der Waals surface area contributed by atoms with Gasteiger partial charge in [0.25, 0.3) is 0 Å². The fourth-order valence-electron chi connectivity index (χ4n) is 0.677. The van der Waals surface area contributed by atoms with Crippen LogP contribution in [0.25, 0.3) is 0 Å². The maximum Gasteiger partial charge on any atom is 0.133 e. The molecule has 1 aromatic heterocycles. The molecule has 0 radical (unpaired) electrons. The summed E-state index contributed by atoms with van der Waals surface area (Å²) in [6.45, 7) is 2.18. The molecule has 1 N–H and O–H groups in total. The molecule has 0 bridgehead atoms. The SMILES string of the molecule is CC(CO)CSc1cc(Cl)ncn1. The van der Waals surface area contributed by atoms with Gasteiger partial charge in [-0.2, -0.15) is 0 Å². The van der Waals surface area contributed by atoms with Crippen LogP contribution in [0, 0.1) is 5.92 Å². The van der Waals surface area contributed by atoms with Crippen LogP contribution in [0.2, 0.25) is 5.15 Å². The van der Waals surface area contributed by atoms with Crippen LogP contribution < -0.4 is 0 Å². The minimum absolute atomic E-state index is 0.200. The summed E-state index contributed by atoms with van der Waals surface area (Å²) in [4.78, 5) is 7.81. The first-order valence-electron chi connectivity index (χ1n) is 3.93. The van der Waals surface area contributed by atoms with Crippen molar-refractivity contribution in [2.45, 2.75) is 11.9 Å². The van der Waals surface area contributed by atoms with E-state index in [2.05, 4.69) is 9.97 Å². The quantitative estimate of drug-likeness (QED) is 0.619. The van der Waals surface area contributed by atoms with Crippen molar-refractivity contribution in [3.63, 3.8) is 0 Å². The second-order valence-electron chi connectivity index (χ2n) is 2.78. The van der Waals surface area contributed by atoms with Crippen molar-refractivity contribution in [2.24, 2.45) is 5.92 Å². The Morgan fingerprint density at radius 1 is 1.62 bits per heavy atom. The van der Waals surface area contributed by atoms with Crippen molar-refractivity contribution in [1.82, 2.24) is 9.97 Å². The van der Waals surface area contributed by atoms with E-state index in [1.54, 1.807) is 17.8 Å². The van der Waals surface area contributed by atoms with Gasteiger partial charge < -0.3 is 5.11 Å². The van der Waals surface area contributed by atoms with Crippen molar-refractivity contribution in [2.75, 3.05) is 12.4 Å². The molecular formula is C8H11ClN2OS. The third-order valence-electron chi connectivity index (χ3n) is 1.44. The predicted octanol–water partition coefficient (Wildman–Crippen LogP) is 1.85. The third kappa shape index (κ3) is 3.93. The Morgan fingerprint density at radius 2 is 2.38 bits per heavy atom. The summed E-state index contributed by atoms with van der Waals surface area (Å²) in [6.07, 6.45) is 1.44. The Kier molecular flexibility index (Phi) is 4.48. The molecule has 1 atom stereocenters. The number of aliphatic hydroxyl groups excluding tert-OH is 1. The van der Waals surface area contributed by atoms with Gasteiger partial charge in [-0.15, -0.1) is 11.8 Å². The number of halogens is 1. The highest BCUT2D eigenvalue weighted by Gasteiger charge is 2.02. The average Bonchev–Trinajstić information content (AvgIpc) is 2.14. The van der Waals surface area contributed by atoms with Crippen LogP contribution in [-0.4, -0.2) is 27.4 Å². The van der Waals surface area contributed by atoms with Crippen LogP contribution >= 0.6 is 23.4 Å². The lowest BCUT2D eigenvalue weighted by Gasteiger charge is -2.05. The largest absolute Gasteiger partial charge is 0.396 e. The van der Waals surface area contributed by atoms with Gasteiger partial charge >= 0.3 is 0 Å². The van der Waals surface area contributed by atoms with Crippen LogP contribution in [0.1, 0.15) is 6.92 Å². The lowest BCUT2D eigenvalue weighted by Crippen LogP contribution is -2.03. The van der Waals surface area contributed by atoms with Crippen LogP contribution in [0.4, 0.5) is 0 Å². The Balaban J connectivity index is 2.45. The molecule has 1 aromatic rings. The molecule has 0 fully saturated rings. The number of aromatic nitrogens is 2. The van der Waals surface area contributed by atoms with Crippen molar-refractivity contribution in [1.29, 1.82) is 0 Å². The Labute approximate surface area is 86.6 Å². The van der Waals surface area contributed by atoms with Gasteiger partial charge in [-0.3, -0.25) is 0 Å². The summed E-state index contributed by atoms with van der Waals surface area (Å²) in [5.41, 5.74) is 0. The molecule has 0 saturated carbocycles. The van der Waals surface area contributed by atoms with Gasteiger partial charge in [-0.1, -0.05) is 18.5 Å². The molecule has 0 spiro atoms. The van der Waals surface area contributed by atoms with Gasteiger partial charge in [0.1, 0.15) is 16.5 Å². The molecule has 0 aromatic carbocycles. The van der Waals surface area contributed by atoms with Crippen LogP contribution in [-0.2, 0) is 0 Å². The number of aliphatic hydroxyl groups is 1. The molecule has 0 saturated heterocycles. The molecule has 1 heterocycles. The molecule has 0 amide bonds. The molecule has 5 heteroatoms. The molecule has 1 rings (SSSR count). The van der Waals surface area contributed by atoms with Gasteiger partial charge in [0.15, 0.2) is 0 Å². The summed E-state index contributed by atoms with van der Waals surface area (Å²) >= 11 is 7.25. The van der Waals surface area contributed by atoms with Gasteiger partial charge in [0.05, 0.1) is 0 Å². The van der Waals surface area contributed by atoms with E-state index in [0.717, 1.165) is 10.8 Å². The molecule has 13 heavy (non-hydrogen) atoms. The smallest absolute Gasteiger partial charge is 0.133 e. The molecule has 0 aliphatic carbocycles. The van der Waals surface area contributed by atoms with Gasteiger partial charge in [-0.25, -0.2) is 9.97 Å². The normalized spacial score (nSPS) is 12.8. The maximum atomic E-state index is 8.80. The fourth-order valence-corrected chi connectivity index (χ4v) is 1.77. The number of hydrogen-bond donors (Lipinski definition) is 1. The van der Waals surface area contributed by atoms with E-state index in [1.807, 2.05) is 6.92 Å². The van der Waals surface area contributed by atoms with Crippen LogP contribution in [0.3, 0.4) is 0 Å². The standard InChI is InChI=1S/C8H11ClN2OS/c1-6(3-12)4-13-8-2-7(9)10-5-11-8/h2,5-6,12H,3-4H2,1H3. The van der Waals surface area contributed by atoms with E-state index < -0.39 is 0 Å². The zero-order valence-electron chi connectivity index (χ0n) is 7.27. The lowest BCUT2D eigenvalue weighted by atomic mass is 10.2. The summed E-state index contributed by atoms with van der Waals surface area (Å²) in [7, 11) is 0. The van der Waals surface area contributed by atoms with Gasteiger partial charge in [0.2, 0.25) is 0 Å². The maximum absolute atomic E-state index is 8.80. The van der Waals surface area contributed by atoms with E-state index in [-0.39, 0.29) is 12.5 Å². The molecule has 0 aliphatic rings. The fraction of sp³-hybridized carbons (Fsp3) is 0.500. The number of nitrogens with zero attached hydrogens (tertiary/aromatic N) is 2. The van der Waals surface area contributed by atoms with Crippen LogP contribution in [0.5, 0.6) is 0 Å². The first-order chi connectivity index (χ1) is 6.22. The monoisotopic (exact) mass is 218 g/mol. The van der Waals surface area contributed by atoms with Crippen LogP contribution in [0.15, 0.2) is 17.4 Å². The highest BCUT2D eigenvalue weighted by Crippen LogP contribution is 2.19. The highest BCUT2D eigenvalue weighted by atomic mass is 35.5. The zero-order valence-corrected chi connectivity index (χ0v) is 8.85. The van der Waals surface area contributed by atoms with E-state index in [0.29, 0.717) is 5.15 Å². The first-order valence-corrected chi connectivity index (χ1v) is 5.30. The second-order valence-corrected chi connectivity index (χ2v) is 4.21. The summed E-state index contributed by atoms with van der Waals surface area (Å²) in [6, 6.07) is 1.72. The average molecular weight is 219 g/mol. The Morgan fingerprint density at radius 3 is 3.00 bits per heavy atom.